The van der Waals surface area contributed by atoms with Crippen molar-refractivity contribution in [3.8, 4) is 16.8 Å². The van der Waals surface area contributed by atoms with Crippen molar-refractivity contribution in [3.63, 3.8) is 0 Å². The summed E-state index contributed by atoms with van der Waals surface area (Å²) >= 11 is 0. The highest BCUT2D eigenvalue weighted by Gasteiger charge is 2.26. The number of amides is 1. The van der Waals surface area contributed by atoms with E-state index < -0.39 is 0 Å². The van der Waals surface area contributed by atoms with E-state index in [1.165, 1.54) is 12.1 Å². The van der Waals surface area contributed by atoms with Crippen molar-refractivity contribution >= 4 is 16.9 Å². The van der Waals surface area contributed by atoms with Gasteiger partial charge in [0.1, 0.15) is 17.0 Å². The first-order valence-corrected chi connectivity index (χ1v) is 9.78. The van der Waals surface area contributed by atoms with Gasteiger partial charge in [0, 0.05) is 24.1 Å². The van der Waals surface area contributed by atoms with Crippen molar-refractivity contribution in [2.75, 3.05) is 0 Å². The quantitative estimate of drug-likeness (QED) is 0.562. The van der Waals surface area contributed by atoms with Crippen LogP contribution in [0.4, 0.5) is 4.39 Å². The van der Waals surface area contributed by atoms with Crippen molar-refractivity contribution in [2.45, 2.75) is 18.9 Å². The molecule has 1 aliphatic rings. The summed E-state index contributed by atoms with van der Waals surface area (Å²) in [5, 5.41) is 3.26. The molecule has 6 heteroatoms. The van der Waals surface area contributed by atoms with Gasteiger partial charge in [0.15, 0.2) is 0 Å². The number of hydrogen-bond donors (Lipinski definition) is 1. The normalized spacial score (nSPS) is 13.4. The second kappa shape index (κ2) is 7.22. The van der Waals surface area contributed by atoms with Gasteiger partial charge in [-0.3, -0.25) is 9.59 Å². The van der Waals surface area contributed by atoms with Crippen molar-refractivity contribution in [1.82, 2.24) is 14.9 Å². The molecule has 5 nitrogen and oxygen atoms in total. The van der Waals surface area contributed by atoms with E-state index in [0.29, 0.717) is 11.0 Å². The highest BCUT2D eigenvalue weighted by molar-refractivity contribution is 5.97. The van der Waals surface area contributed by atoms with Crippen LogP contribution in [-0.2, 0) is 0 Å². The maximum absolute atomic E-state index is 13.7. The van der Waals surface area contributed by atoms with Gasteiger partial charge in [-0.1, -0.05) is 24.3 Å². The van der Waals surface area contributed by atoms with Crippen LogP contribution >= 0.6 is 0 Å². The fourth-order valence-corrected chi connectivity index (χ4v) is 3.51. The SMILES string of the molecule is O=C(NC1CC1)c1cn(-c2cccc(-c3cccc(F)c3)c2)c2ncccc2c1=O. The van der Waals surface area contributed by atoms with Gasteiger partial charge in [0.05, 0.1) is 5.39 Å². The van der Waals surface area contributed by atoms with E-state index in [2.05, 4.69) is 10.3 Å². The molecule has 30 heavy (non-hydrogen) atoms. The van der Waals surface area contributed by atoms with Crippen LogP contribution in [0.5, 0.6) is 0 Å². The fourth-order valence-electron chi connectivity index (χ4n) is 3.51. The monoisotopic (exact) mass is 399 g/mol. The summed E-state index contributed by atoms with van der Waals surface area (Å²) in [4.78, 5) is 30.0. The number of nitrogens with one attached hydrogen (secondary N) is 1. The Kier molecular flexibility index (Phi) is 4.39. The highest BCUT2D eigenvalue weighted by Crippen LogP contribution is 2.25. The van der Waals surface area contributed by atoms with Gasteiger partial charge in [0.2, 0.25) is 5.43 Å². The molecule has 1 amide bonds. The first-order chi connectivity index (χ1) is 14.6. The van der Waals surface area contributed by atoms with Crippen LogP contribution in [0.3, 0.4) is 0 Å². The highest BCUT2D eigenvalue weighted by atomic mass is 19.1. The van der Waals surface area contributed by atoms with Gasteiger partial charge in [-0.15, -0.1) is 0 Å². The Bertz CT molecular complexity index is 1340. The fraction of sp³-hybridized carbons (Fsp3) is 0.125. The van der Waals surface area contributed by atoms with E-state index in [0.717, 1.165) is 29.7 Å². The number of benzene rings is 2. The van der Waals surface area contributed by atoms with Gasteiger partial charge < -0.3 is 9.88 Å². The molecule has 2 aromatic carbocycles. The maximum atomic E-state index is 13.7. The molecule has 1 saturated carbocycles. The van der Waals surface area contributed by atoms with Gasteiger partial charge in [-0.05, 0) is 60.4 Å². The lowest BCUT2D eigenvalue weighted by molar-refractivity contribution is 0.0949. The van der Waals surface area contributed by atoms with E-state index >= 15 is 0 Å². The predicted octanol–water partition coefficient (Wildman–Crippen LogP) is 4.08. The summed E-state index contributed by atoms with van der Waals surface area (Å²) in [6, 6.07) is 17.3. The van der Waals surface area contributed by atoms with Gasteiger partial charge in [0.25, 0.3) is 5.91 Å². The van der Waals surface area contributed by atoms with Crippen LogP contribution in [0.15, 0.2) is 77.9 Å². The van der Waals surface area contributed by atoms with E-state index in [4.69, 9.17) is 0 Å². The number of carbonyl (C=O) groups is 1. The Morgan fingerprint density at radius 1 is 1.03 bits per heavy atom. The molecule has 148 valence electrons. The summed E-state index contributed by atoms with van der Waals surface area (Å²) in [5.41, 5.74) is 2.48. The van der Waals surface area contributed by atoms with Crippen LogP contribution < -0.4 is 10.7 Å². The molecule has 2 heterocycles. The average molecular weight is 399 g/mol. The molecule has 0 saturated heterocycles. The Morgan fingerprint density at radius 2 is 1.80 bits per heavy atom. The number of nitrogens with zero attached hydrogens (tertiary/aromatic N) is 2. The Labute approximate surface area is 171 Å². The van der Waals surface area contributed by atoms with E-state index in [9.17, 15) is 14.0 Å². The van der Waals surface area contributed by atoms with E-state index in [-0.39, 0.29) is 28.8 Å². The molecular formula is C24H18FN3O2. The summed E-state index contributed by atoms with van der Waals surface area (Å²) in [5.74, 6) is -0.685. The lowest BCUT2D eigenvalue weighted by Crippen LogP contribution is -2.31. The van der Waals surface area contributed by atoms with Crippen LogP contribution in [-0.4, -0.2) is 21.5 Å². The number of hydrogen-bond acceptors (Lipinski definition) is 3. The standard InChI is InChI=1S/C24H18FN3O2/c25-17-6-1-4-15(12-17)16-5-2-7-19(13-16)28-14-21(24(30)27-18-9-10-18)22(29)20-8-3-11-26-23(20)28/h1-8,11-14,18H,9-10H2,(H,27,30). The third kappa shape index (κ3) is 3.37. The zero-order chi connectivity index (χ0) is 20.7. The molecule has 0 unspecified atom stereocenters. The molecule has 2 aromatic heterocycles. The molecular weight excluding hydrogens is 381 g/mol. The minimum absolute atomic E-state index is 0.0820. The lowest BCUT2D eigenvalue weighted by Gasteiger charge is -2.14. The third-order valence-corrected chi connectivity index (χ3v) is 5.20. The number of pyridine rings is 2. The first-order valence-electron chi connectivity index (χ1n) is 9.78. The lowest BCUT2D eigenvalue weighted by atomic mass is 10.0. The zero-order valence-electron chi connectivity index (χ0n) is 16.0. The molecule has 0 radical (unpaired) electrons. The summed E-state index contributed by atoms with van der Waals surface area (Å²) < 4.78 is 15.4. The van der Waals surface area contributed by atoms with Crippen molar-refractivity contribution in [2.24, 2.45) is 0 Å². The Hall–Kier alpha value is -3.80. The van der Waals surface area contributed by atoms with Gasteiger partial charge in [-0.2, -0.15) is 0 Å². The number of aromatic nitrogens is 2. The molecule has 5 rings (SSSR count). The summed E-state index contributed by atoms with van der Waals surface area (Å²) in [6.07, 6.45) is 5.02. The molecule has 1 fully saturated rings. The molecule has 0 atom stereocenters. The Balaban J connectivity index is 1.68. The average Bonchev–Trinajstić information content (AvgIpc) is 3.58. The van der Waals surface area contributed by atoms with Crippen molar-refractivity contribution in [3.05, 3.63) is 94.7 Å². The second-order valence-electron chi connectivity index (χ2n) is 7.42. The van der Waals surface area contributed by atoms with Crippen LogP contribution in [0.25, 0.3) is 27.8 Å². The third-order valence-electron chi connectivity index (χ3n) is 5.20. The number of rotatable bonds is 4. The van der Waals surface area contributed by atoms with Crippen LogP contribution in [0.2, 0.25) is 0 Å². The second-order valence-corrected chi connectivity index (χ2v) is 7.42. The number of halogens is 1. The van der Waals surface area contributed by atoms with E-state index in [1.807, 2.05) is 30.3 Å². The minimum Gasteiger partial charge on any atom is -0.349 e. The maximum Gasteiger partial charge on any atom is 0.257 e. The van der Waals surface area contributed by atoms with Crippen LogP contribution in [0.1, 0.15) is 23.2 Å². The molecule has 4 aromatic rings. The van der Waals surface area contributed by atoms with Gasteiger partial charge >= 0.3 is 0 Å². The van der Waals surface area contributed by atoms with Crippen LogP contribution in [0, 0.1) is 5.82 Å². The summed E-state index contributed by atoms with van der Waals surface area (Å²) in [7, 11) is 0. The minimum atomic E-state index is -0.372. The smallest absolute Gasteiger partial charge is 0.257 e. The van der Waals surface area contributed by atoms with Gasteiger partial charge in [-0.25, -0.2) is 9.37 Å². The summed E-state index contributed by atoms with van der Waals surface area (Å²) in [6.45, 7) is 0. The molecule has 0 spiro atoms. The topological polar surface area (TPSA) is 64.0 Å². The van der Waals surface area contributed by atoms with E-state index in [1.54, 1.807) is 35.2 Å². The number of fused-ring (bicyclic) bond motifs is 1. The Morgan fingerprint density at radius 3 is 2.57 bits per heavy atom. The molecule has 1 aliphatic carbocycles. The first kappa shape index (κ1) is 18.2. The molecule has 1 N–H and O–H groups in total. The van der Waals surface area contributed by atoms with Crippen molar-refractivity contribution in [1.29, 1.82) is 0 Å². The number of carbonyl (C=O) groups excluding carboxylic acids is 1. The zero-order valence-corrected chi connectivity index (χ0v) is 16.0. The largest absolute Gasteiger partial charge is 0.349 e. The molecule has 0 aliphatic heterocycles. The predicted molar refractivity (Wildman–Crippen MR) is 113 cm³/mol. The van der Waals surface area contributed by atoms with Crippen molar-refractivity contribution < 1.29 is 9.18 Å². The molecule has 0 bridgehead atoms.